The number of carbonyl (C=O) groups is 1. The lowest BCUT2D eigenvalue weighted by Crippen LogP contribution is -2.45. The van der Waals surface area contributed by atoms with Gasteiger partial charge in [0.15, 0.2) is 0 Å². The number of nitrogens with one attached hydrogen (secondary N) is 1. The normalized spacial score (nSPS) is 20.6. The highest BCUT2D eigenvalue weighted by Gasteiger charge is 2.26. The van der Waals surface area contributed by atoms with Crippen molar-refractivity contribution in [2.75, 3.05) is 18.0 Å². The minimum absolute atomic E-state index is 0.0671. The summed E-state index contributed by atoms with van der Waals surface area (Å²) in [4.78, 5) is 21.8. The molecule has 1 aromatic rings. The van der Waals surface area contributed by atoms with Crippen LogP contribution in [0.4, 0.5) is 5.95 Å². The molecule has 0 spiro atoms. The fourth-order valence-electron chi connectivity index (χ4n) is 1.95. The molecule has 16 heavy (non-hydrogen) atoms. The highest BCUT2D eigenvalue weighted by Crippen LogP contribution is 2.19. The fourth-order valence-corrected chi connectivity index (χ4v) is 1.95. The van der Waals surface area contributed by atoms with E-state index in [1.165, 1.54) is 0 Å². The summed E-state index contributed by atoms with van der Waals surface area (Å²) in [5, 5.41) is 0. The molecule has 0 bridgehead atoms. The van der Waals surface area contributed by atoms with E-state index in [0.29, 0.717) is 12.5 Å². The minimum atomic E-state index is -0.111. The van der Waals surface area contributed by atoms with Gasteiger partial charge in [0, 0.05) is 25.5 Å². The number of rotatable bonds is 2. The van der Waals surface area contributed by atoms with Gasteiger partial charge in [0.05, 0.1) is 5.92 Å². The van der Waals surface area contributed by atoms with E-state index in [1.54, 1.807) is 18.5 Å². The van der Waals surface area contributed by atoms with Gasteiger partial charge in [-0.05, 0) is 18.9 Å². The van der Waals surface area contributed by atoms with E-state index in [2.05, 4.69) is 15.4 Å². The van der Waals surface area contributed by atoms with Crippen molar-refractivity contribution in [1.29, 1.82) is 0 Å². The summed E-state index contributed by atoms with van der Waals surface area (Å²) in [6, 6.07) is 1.78. The third-order valence-corrected chi connectivity index (χ3v) is 2.77. The van der Waals surface area contributed by atoms with E-state index in [0.717, 1.165) is 19.4 Å². The molecule has 0 aromatic carbocycles. The summed E-state index contributed by atoms with van der Waals surface area (Å²) in [7, 11) is 0. The molecule has 1 aliphatic heterocycles. The summed E-state index contributed by atoms with van der Waals surface area (Å²) >= 11 is 0. The molecule has 2 heterocycles. The maximum absolute atomic E-state index is 11.4. The molecule has 6 heteroatoms. The van der Waals surface area contributed by atoms with Gasteiger partial charge in [0.1, 0.15) is 0 Å². The second kappa shape index (κ2) is 4.89. The predicted molar refractivity (Wildman–Crippen MR) is 59.3 cm³/mol. The van der Waals surface area contributed by atoms with Gasteiger partial charge >= 0.3 is 0 Å². The summed E-state index contributed by atoms with van der Waals surface area (Å²) in [6.45, 7) is 1.52. The van der Waals surface area contributed by atoms with Crippen molar-refractivity contribution in [3.05, 3.63) is 18.5 Å². The van der Waals surface area contributed by atoms with Crippen LogP contribution < -0.4 is 16.2 Å². The van der Waals surface area contributed by atoms with Crippen LogP contribution in [0.25, 0.3) is 0 Å². The number of nitrogens with zero attached hydrogens (tertiary/aromatic N) is 3. The molecule has 1 aliphatic rings. The van der Waals surface area contributed by atoms with Gasteiger partial charge in [-0.2, -0.15) is 0 Å². The number of hydrogen-bond donors (Lipinski definition) is 2. The number of anilines is 1. The molecule has 86 valence electrons. The number of nitrogens with two attached hydrogens (primary N) is 1. The van der Waals surface area contributed by atoms with Crippen LogP contribution in [0.3, 0.4) is 0 Å². The zero-order chi connectivity index (χ0) is 11.4. The Kier molecular flexibility index (Phi) is 3.31. The summed E-state index contributed by atoms with van der Waals surface area (Å²) < 4.78 is 0. The molecule has 2 rings (SSSR count). The van der Waals surface area contributed by atoms with Gasteiger partial charge in [-0.3, -0.25) is 10.2 Å². The van der Waals surface area contributed by atoms with Gasteiger partial charge in [0.25, 0.3) is 0 Å². The number of hydrazine groups is 1. The largest absolute Gasteiger partial charge is 0.340 e. The molecular weight excluding hydrogens is 206 g/mol. The Labute approximate surface area is 93.8 Å². The van der Waals surface area contributed by atoms with Gasteiger partial charge in [-0.25, -0.2) is 15.8 Å². The monoisotopic (exact) mass is 221 g/mol. The third-order valence-electron chi connectivity index (χ3n) is 2.77. The van der Waals surface area contributed by atoms with Crippen molar-refractivity contribution >= 4 is 11.9 Å². The SMILES string of the molecule is NNC(=O)[C@H]1CCCN(c2ncccn2)C1. The van der Waals surface area contributed by atoms with Crippen LogP contribution in [0.5, 0.6) is 0 Å². The van der Waals surface area contributed by atoms with Gasteiger partial charge in [-0.15, -0.1) is 0 Å². The molecule has 0 radical (unpaired) electrons. The molecular formula is C10H15N5O. The van der Waals surface area contributed by atoms with Crippen LogP contribution in [0.15, 0.2) is 18.5 Å². The van der Waals surface area contributed by atoms with E-state index < -0.39 is 0 Å². The molecule has 1 aromatic heterocycles. The lowest BCUT2D eigenvalue weighted by atomic mass is 9.98. The Hall–Kier alpha value is -1.69. The van der Waals surface area contributed by atoms with E-state index >= 15 is 0 Å². The van der Waals surface area contributed by atoms with Crippen LogP contribution in [0.1, 0.15) is 12.8 Å². The fraction of sp³-hybridized carbons (Fsp3) is 0.500. The van der Waals surface area contributed by atoms with Crippen LogP contribution in [0, 0.1) is 5.92 Å². The molecule has 0 saturated carbocycles. The lowest BCUT2D eigenvalue weighted by Gasteiger charge is -2.31. The Bertz CT molecular complexity index is 355. The second-order valence-electron chi connectivity index (χ2n) is 3.84. The zero-order valence-electron chi connectivity index (χ0n) is 8.97. The van der Waals surface area contributed by atoms with Gasteiger partial charge in [0.2, 0.25) is 11.9 Å². The summed E-state index contributed by atoms with van der Waals surface area (Å²) in [5.41, 5.74) is 2.20. The second-order valence-corrected chi connectivity index (χ2v) is 3.84. The van der Waals surface area contributed by atoms with Crippen molar-refractivity contribution in [2.24, 2.45) is 11.8 Å². The Balaban J connectivity index is 2.05. The van der Waals surface area contributed by atoms with Crippen LogP contribution in [-0.4, -0.2) is 29.0 Å². The maximum atomic E-state index is 11.4. The first-order valence-corrected chi connectivity index (χ1v) is 5.33. The lowest BCUT2D eigenvalue weighted by molar-refractivity contribution is -0.125. The average molecular weight is 221 g/mol. The third kappa shape index (κ3) is 2.27. The molecule has 1 fully saturated rings. The first-order valence-electron chi connectivity index (χ1n) is 5.33. The van der Waals surface area contributed by atoms with Crippen molar-refractivity contribution in [3.63, 3.8) is 0 Å². The Morgan fingerprint density at radius 3 is 2.94 bits per heavy atom. The first-order chi connectivity index (χ1) is 7.81. The van der Waals surface area contributed by atoms with Gasteiger partial charge in [-0.1, -0.05) is 0 Å². The number of hydrogen-bond acceptors (Lipinski definition) is 5. The Morgan fingerprint density at radius 1 is 1.50 bits per heavy atom. The van der Waals surface area contributed by atoms with Gasteiger partial charge < -0.3 is 4.90 Å². The molecule has 0 aliphatic carbocycles. The zero-order valence-corrected chi connectivity index (χ0v) is 8.97. The van der Waals surface area contributed by atoms with Crippen molar-refractivity contribution in [1.82, 2.24) is 15.4 Å². The minimum Gasteiger partial charge on any atom is -0.340 e. The average Bonchev–Trinajstić information content (AvgIpc) is 2.39. The van der Waals surface area contributed by atoms with Crippen molar-refractivity contribution in [3.8, 4) is 0 Å². The van der Waals surface area contributed by atoms with Crippen LogP contribution in [0.2, 0.25) is 0 Å². The van der Waals surface area contributed by atoms with Crippen LogP contribution >= 0.6 is 0 Å². The number of carbonyl (C=O) groups excluding carboxylic acids is 1. The predicted octanol–water partition coefficient (Wildman–Crippen LogP) is -0.317. The van der Waals surface area contributed by atoms with Crippen LogP contribution in [-0.2, 0) is 4.79 Å². The molecule has 1 atom stereocenters. The summed E-state index contributed by atoms with van der Waals surface area (Å²) in [5.74, 6) is 5.64. The molecule has 6 nitrogen and oxygen atoms in total. The molecule has 0 unspecified atom stereocenters. The van der Waals surface area contributed by atoms with Crippen molar-refractivity contribution in [2.45, 2.75) is 12.8 Å². The highest BCUT2D eigenvalue weighted by atomic mass is 16.2. The first kappa shape index (κ1) is 10.8. The number of piperidine rings is 1. The van der Waals surface area contributed by atoms with E-state index in [-0.39, 0.29) is 11.8 Å². The number of amides is 1. The highest BCUT2D eigenvalue weighted by molar-refractivity contribution is 5.78. The van der Waals surface area contributed by atoms with E-state index in [1.807, 2.05) is 4.90 Å². The standard InChI is InChI=1S/C10H15N5O/c11-14-9(16)8-3-1-6-15(7-8)10-12-4-2-5-13-10/h2,4-5,8H,1,3,6-7,11H2,(H,14,16)/t8-/m0/s1. The quantitative estimate of drug-likeness (QED) is 0.406. The van der Waals surface area contributed by atoms with E-state index in [9.17, 15) is 4.79 Å². The smallest absolute Gasteiger partial charge is 0.238 e. The van der Waals surface area contributed by atoms with E-state index in [4.69, 9.17) is 5.84 Å². The topological polar surface area (TPSA) is 84.1 Å². The summed E-state index contributed by atoms with van der Waals surface area (Å²) in [6.07, 6.45) is 5.23. The van der Waals surface area contributed by atoms with Crippen molar-refractivity contribution < 1.29 is 4.79 Å². The Morgan fingerprint density at radius 2 is 2.25 bits per heavy atom. The molecule has 1 amide bonds. The number of aromatic nitrogens is 2. The molecule has 3 N–H and O–H groups in total. The maximum Gasteiger partial charge on any atom is 0.238 e. The molecule has 1 saturated heterocycles.